The second kappa shape index (κ2) is 9.21. The smallest absolute Gasteiger partial charge is 0.106 e. The van der Waals surface area contributed by atoms with Gasteiger partial charge in [0.25, 0.3) is 0 Å². The summed E-state index contributed by atoms with van der Waals surface area (Å²) < 4.78 is 0. The lowest BCUT2D eigenvalue weighted by Gasteiger charge is -1.77. The van der Waals surface area contributed by atoms with E-state index in [1.165, 1.54) is 13.3 Å². The van der Waals surface area contributed by atoms with E-state index in [2.05, 4.69) is 9.99 Å². The van der Waals surface area contributed by atoms with Crippen molar-refractivity contribution < 1.29 is 10.3 Å². The monoisotopic (exact) mass is 125 g/mol. The van der Waals surface area contributed by atoms with E-state index in [9.17, 15) is 0 Å². The van der Waals surface area contributed by atoms with Crippen molar-refractivity contribution in [3.8, 4) is 0 Å². The summed E-state index contributed by atoms with van der Waals surface area (Å²) in [7, 11) is 1.48. The van der Waals surface area contributed by atoms with Gasteiger partial charge in [0.2, 0.25) is 0 Å². The van der Waals surface area contributed by atoms with Crippen LogP contribution in [0.2, 0.25) is 0 Å². The number of hydrogen-bond donors (Lipinski definition) is 0. The predicted molar refractivity (Wildman–Crippen MR) is 29.8 cm³/mol. The predicted octanol–water partition coefficient (Wildman–Crippen LogP) is 0.0327. The molecule has 7 heavy (non-hydrogen) atoms. The molecular weight excluding hydrogens is 117 g/mol. The van der Waals surface area contributed by atoms with Crippen LogP contribution in [0.25, 0.3) is 0 Å². The van der Waals surface area contributed by atoms with Gasteiger partial charge in [-0.3, -0.25) is 0 Å². The first-order valence-corrected chi connectivity index (χ1v) is 2.06. The summed E-state index contributed by atoms with van der Waals surface area (Å²) >= 11 is 5.15. The molecule has 0 aliphatic heterocycles. The van der Waals surface area contributed by atoms with E-state index < -0.39 is 0 Å². The van der Waals surface area contributed by atoms with Crippen LogP contribution in [0.15, 0.2) is 5.16 Å². The molecule has 0 bridgehead atoms. The maximum atomic E-state index is 5.15. The first kappa shape index (κ1) is 9.87. The number of halogens is 1. The van der Waals surface area contributed by atoms with Gasteiger partial charge < -0.3 is 10.3 Å². The zero-order valence-corrected chi connectivity index (χ0v) is 4.77. The van der Waals surface area contributed by atoms with Gasteiger partial charge in [0.1, 0.15) is 7.11 Å². The molecule has 0 aromatic carbocycles. The summed E-state index contributed by atoms with van der Waals surface area (Å²) in [4.78, 5) is 4.27. The molecule has 3 nitrogen and oxygen atoms in total. The van der Waals surface area contributed by atoms with Gasteiger partial charge in [-0.2, -0.15) is 0 Å². The van der Waals surface area contributed by atoms with Crippen molar-refractivity contribution in [1.29, 1.82) is 0 Å². The molecule has 0 radical (unpaired) electrons. The van der Waals surface area contributed by atoms with Gasteiger partial charge in [-0.1, -0.05) is 5.16 Å². The number of oxime groups is 1. The van der Waals surface area contributed by atoms with Crippen LogP contribution in [0.5, 0.6) is 0 Å². The molecule has 0 fully saturated rings. The number of hydrogen-bond acceptors (Lipinski definition) is 2. The van der Waals surface area contributed by atoms with E-state index in [-0.39, 0.29) is 5.48 Å². The number of rotatable bonds is 2. The lowest BCUT2D eigenvalue weighted by atomic mass is 10.9. The molecule has 0 spiro atoms. The van der Waals surface area contributed by atoms with Crippen LogP contribution in [-0.2, 0) is 4.84 Å². The molecule has 0 saturated heterocycles. The highest BCUT2D eigenvalue weighted by Crippen LogP contribution is 1.67. The normalized spacial score (nSPS) is 8.29. The molecule has 0 saturated carbocycles. The molecule has 0 rings (SSSR count). The third-order valence-corrected chi connectivity index (χ3v) is 0.387. The Bertz CT molecular complexity index is 42.2. The van der Waals surface area contributed by atoms with Crippen LogP contribution in [0, 0.1) is 0 Å². The zero-order chi connectivity index (χ0) is 4.83. The Morgan fingerprint density at radius 2 is 2.43 bits per heavy atom. The Morgan fingerprint density at radius 3 is 2.57 bits per heavy atom. The molecule has 0 atom stereocenters. The molecular formula is C3H8ClNO2. The second-order valence-corrected chi connectivity index (χ2v) is 0.933. The minimum absolute atomic E-state index is 0. The second-order valence-electron chi connectivity index (χ2n) is 0.625. The topological polar surface area (TPSA) is 53.1 Å². The molecule has 4 heteroatoms. The Labute approximate surface area is 47.2 Å². The Balaban J connectivity index is 0. The van der Waals surface area contributed by atoms with E-state index in [4.69, 9.17) is 11.6 Å². The summed E-state index contributed by atoms with van der Waals surface area (Å²) in [5.41, 5.74) is 0. The molecule has 0 aliphatic carbocycles. The number of nitrogens with zero attached hydrogens (tertiary/aromatic N) is 1. The molecule has 0 amide bonds. The molecule has 0 aromatic heterocycles. The lowest BCUT2D eigenvalue weighted by molar-refractivity contribution is 0.215. The van der Waals surface area contributed by atoms with Crippen LogP contribution >= 0.6 is 11.6 Å². The summed E-state index contributed by atoms with van der Waals surface area (Å²) in [6.07, 6.45) is 1.47. The Hall–Kier alpha value is -0.280. The van der Waals surface area contributed by atoms with Crippen LogP contribution < -0.4 is 0 Å². The van der Waals surface area contributed by atoms with Crippen molar-refractivity contribution in [3.05, 3.63) is 0 Å². The van der Waals surface area contributed by atoms with Crippen LogP contribution in [0.4, 0.5) is 0 Å². The zero-order valence-electron chi connectivity index (χ0n) is 4.02. The van der Waals surface area contributed by atoms with Crippen molar-refractivity contribution in [2.24, 2.45) is 5.16 Å². The highest BCUT2D eigenvalue weighted by molar-refractivity contribution is 6.24. The third-order valence-electron chi connectivity index (χ3n) is 0.249. The van der Waals surface area contributed by atoms with E-state index in [0.717, 1.165) is 0 Å². The third kappa shape index (κ3) is 10.7. The van der Waals surface area contributed by atoms with Crippen LogP contribution in [0.1, 0.15) is 0 Å². The van der Waals surface area contributed by atoms with Gasteiger partial charge in [-0.25, -0.2) is 0 Å². The quantitative estimate of drug-likeness (QED) is 0.292. The SMILES string of the molecule is CON=CCCl.O. The number of alkyl halides is 1. The first-order chi connectivity index (χ1) is 2.91. The highest BCUT2D eigenvalue weighted by atomic mass is 35.5. The average Bonchev–Trinajstić information content (AvgIpc) is 1.61. The highest BCUT2D eigenvalue weighted by Gasteiger charge is 1.61. The maximum Gasteiger partial charge on any atom is 0.106 e. The minimum atomic E-state index is 0. The van der Waals surface area contributed by atoms with E-state index in [0.29, 0.717) is 5.88 Å². The van der Waals surface area contributed by atoms with Crippen molar-refractivity contribution in [2.75, 3.05) is 13.0 Å². The van der Waals surface area contributed by atoms with Gasteiger partial charge in [0, 0.05) is 0 Å². The van der Waals surface area contributed by atoms with Crippen molar-refractivity contribution in [2.45, 2.75) is 0 Å². The van der Waals surface area contributed by atoms with Gasteiger partial charge in [-0.05, 0) is 0 Å². The van der Waals surface area contributed by atoms with Gasteiger partial charge in [-0.15, -0.1) is 11.6 Å². The molecule has 0 aliphatic rings. The fraction of sp³-hybridized carbons (Fsp3) is 0.667. The summed E-state index contributed by atoms with van der Waals surface area (Å²) in [6, 6.07) is 0. The summed E-state index contributed by atoms with van der Waals surface area (Å²) in [5.74, 6) is 0.411. The van der Waals surface area contributed by atoms with Gasteiger partial charge in [0.15, 0.2) is 0 Å². The van der Waals surface area contributed by atoms with Crippen molar-refractivity contribution in [1.82, 2.24) is 0 Å². The molecule has 0 unspecified atom stereocenters. The fourth-order valence-corrected chi connectivity index (χ4v) is 0.159. The minimum Gasteiger partial charge on any atom is -0.412 e. The molecule has 0 aromatic rings. The molecule has 2 N–H and O–H groups in total. The van der Waals surface area contributed by atoms with Crippen LogP contribution in [0.3, 0.4) is 0 Å². The summed E-state index contributed by atoms with van der Waals surface area (Å²) in [6.45, 7) is 0. The van der Waals surface area contributed by atoms with E-state index in [1.54, 1.807) is 0 Å². The van der Waals surface area contributed by atoms with E-state index >= 15 is 0 Å². The van der Waals surface area contributed by atoms with Gasteiger partial charge >= 0.3 is 0 Å². The van der Waals surface area contributed by atoms with E-state index in [1.807, 2.05) is 0 Å². The largest absolute Gasteiger partial charge is 0.412 e. The molecule has 44 valence electrons. The first-order valence-electron chi connectivity index (χ1n) is 1.52. The Kier molecular flexibility index (Phi) is 13.0. The van der Waals surface area contributed by atoms with Gasteiger partial charge in [0.05, 0.1) is 12.1 Å². The maximum absolute atomic E-state index is 5.15. The van der Waals surface area contributed by atoms with Crippen molar-refractivity contribution in [3.63, 3.8) is 0 Å². The fourth-order valence-electron chi connectivity index (χ4n) is 0.103. The van der Waals surface area contributed by atoms with Crippen molar-refractivity contribution >= 4 is 17.8 Å². The summed E-state index contributed by atoms with van der Waals surface area (Å²) in [5, 5.41) is 3.33. The van der Waals surface area contributed by atoms with Crippen LogP contribution in [-0.4, -0.2) is 24.7 Å². The average molecular weight is 126 g/mol. The Morgan fingerprint density at radius 1 is 1.86 bits per heavy atom. The standard InChI is InChI=1S/C3H6ClNO.H2O/c1-6-5-3-2-4;/h3H,2H2,1H3;1H2. The molecule has 0 heterocycles. The lowest BCUT2D eigenvalue weighted by Crippen LogP contribution is -1.73.